The number of aliphatic imine (C=N–C) groups is 1. The number of thiazole rings is 1. The third-order valence-corrected chi connectivity index (χ3v) is 7.79. The summed E-state index contributed by atoms with van der Waals surface area (Å²) in [7, 11) is 0. The van der Waals surface area contributed by atoms with Crippen LogP contribution in [0.25, 0.3) is 0 Å². The molecule has 1 unspecified atom stereocenters. The van der Waals surface area contributed by atoms with Crippen LogP contribution in [-0.2, 0) is 25.7 Å². The first kappa shape index (κ1) is 26.4. The number of esters is 1. The molecule has 0 saturated heterocycles. The minimum Gasteiger partial charge on any atom is -0.456 e. The zero-order chi connectivity index (χ0) is 24.9. The van der Waals surface area contributed by atoms with Crippen LogP contribution in [0.3, 0.4) is 0 Å². The Morgan fingerprint density at radius 3 is 2.74 bits per heavy atom. The summed E-state index contributed by atoms with van der Waals surface area (Å²) in [6.45, 7) is 10.0. The standard InChI is InChI=1S/C24H34N4O4S2/c1-14(2)8-6-7-9-16-10-18(29)25-11-19-26-17(12-33-19)21-28-24(5,13-34-21)23(31)27-20(15(3)4)22(30)32-16/h7,9,12,14-16,20H,6,8,10-11,13H2,1-5H3,(H,25,29)(H,27,31)/b9-7+/t16?,20-,24-/m0/s1. The third-order valence-electron chi connectivity index (χ3n) is 5.66. The summed E-state index contributed by atoms with van der Waals surface area (Å²) in [6, 6.07) is -0.845. The number of carbonyl (C=O) groups excluding carboxylic acids is 3. The van der Waals surface area contributed by atoms with Gasteiger partial charge in [0.15, 0.2) is 0 Å². The zero-order valence-corrected chi connectivity index (χ0v) is 22.1. The number of nitrogens with zero attached hydrogens (tertiary/aromatic N) is 2. The molecular formula is C24H34N4O4S2. The molecule has 2 amide bonds. The number of cyclic esters (lactones) is 1. The number of fused-ring (bicyclic) bond motifs is 4. The van der Waals surface area contributed by atoms with Crippen molar-refractivity contribution in [3.63, 3.8) is 0 Å². The molecule has 0 spiro atoms. The molecule has 0 aliphatic carbocycles. The van der Waals surface area contributed by atoms with Gasteiger partial charge in [0.1, 0.15) is 33.4 Å². The van der Waals surface area contributed by atoms with Gasteiger partial charge < -0.3 is 15.4 Å². The van der Waals surface area contributed by atoms with Crippen LogP contribution in [0.4, 0.5) is 0 Å². The van der Waals surface area contributed by atoms with Crippen LogP contribution in [0.1, 0.15) is 64.6 Å². The lowest BCUT2D eigenvalue weighted by Crippen LogP contribution is -2.53. The smallest absolute Gasteiger partial charge is 0.329 e. The molecule has 0 aromatic carbocycles. The first-order valence-electron chi connectivity index (χ1n) is 11.7. The van der Waals surface area contributed by atoms with Gasteiger partial charge in [-0.3, -0.25) is 14.6 Å². The average molecular weight is 507 g/mol. The number of ether oxygens (including phenoxy) is 1. The molecule has 3 atom stereocenters. The largest absolute Gasteiger partial charge is 0.456 e. The Bertz CT molecular complexity index is 972. The quantitative estimate of drug-likeness (QED) is 0.468. The molecule has 0 fully saturated rings. The molecule has 8 nitrogen and oxygen atoms in total. The lowest BCUT2D eigenvalue weighted by molar-refractivity contribution is -0.153. The molecule has 1 aromatic rings. The molecule has 2 N–H and O–H groups in total. The minimum absolute atomic E-state index is 0.00118. The van der Waals surface area contributed by atoms with Gasteiger partial charge in [0, 0.05) is 11.1 Å². The van der Waals surface area contributed by atoms with E-state index in [1.54, 1.807) is 13.0 Å². The highest BCUT2D eigenvalue weighted by Gasteiger charge is 2.41. The van der Waals surface area contributed by atoms with Crippen LogP contribution < -0.4 is 10.6 Å². The molecule has 2 aliphatic heterocycles. The molecule has 3 heterocycles. The van der Waals surface area contributed by atoms with Crippen molar-refractivity contribution in [2.24, 2.45) is 16.8 Å². The van der Waals surface area contributed by atoms with E-state index >= 15 is 0 Å². The Morgan fingerprint density at radius 2 is 2.03 bits per heavy atom. The Labute approximate surface area is 209 Å². The van der Waals surface area contributed by atoms with Gasteiger partial charge in [-0.25, -0.2) is 9.78 Å². The summed E-state index contributed by atoms with van der Waals surface area (Å²) in [5.41, 5.74) is -0.299. The Balaban J connectivity index is 1.87. The molecule has 10 heteroatoms. The number of carbonyl (C=O) groups is 3. The minimum atomic E-state index is -1.00. The molecule has 1 aromatic heterocycles. The van der Waals surface area contributed by atoms with Crippen molar-refractivity contribution < 1.29 is 19.1 Å². The van der Waals surface area contributed by atoms with Crippen LogP contribution in [0.15, 0.2) is 22.5 Å². The van der Waals surface area contributed by atoms with Gasteiger partial charge in [-0.2, -0.15) is 0 Å². The monoisotopic (exact) mass is 506 g/mol. The van der Waals surface area contributed by atoms with Crippen molar-refractivity contribution in [3.05, 3.63) is 28.2 Å². The normalized spacial score (nSPS) is 26.6. The van der Waals surface area contributed by atoms with Gasteiger partial charge >= 0.3 is 5.97 Å². The van der Waals surface area contributed by atoms with E-state index in [1.165, 1.54) is 23.1 Å². The molecule has 3 rings (SSSR count). The maximum Gasteiger partial charge on any atom is 0.329 e. The summed E-state index contributed by atoms with van der Waals surface area (Å²) in [5, 5.41) is 9.05. The third kappa shape index (κ3) is 6.91. The topological polar surface area (TPSA) is 110 Å². The van der Waals surface area contributed by atoms with Gasteiger partial charge in [-0.15, -0.1) is 23.1 Å². The average Bonchev–Trinajstić information content (AvgIpc) is 3.39. The molecule has 0 saturated carbocycles. The van der Waals surface area contributed by atoms with Crippen molar-refractivity contribution in [1.29, 1.82) is 0 Å². The zero-order valence-electron chi connectivity index (χ0n) is 20.4. The Kier molecular flexibility index (Phi) is 8.92. The second-order valence-electron chi connectivity index (χ2n) is 9.66. The van der Waals surface area contributed by atoms with E-state index in [0.29, 0.717) is 22.4 Å². The number of hydrogen-bond acceptors (Lipinski definition) is 8. The highest BCUT2D eigenvalue weighted by molar-refractivity contribution is 8.14. The number of thioether (sulfide) groups is 1. The molecular weight excluding hydrogens is 472 g/mol. The number of nitrogens with one attached hydrogen (secondary N) is 2. The van der Waals surface area contributed by atoms with E-state index in [9.17, 15) is 14.4 Å². The van der Waals surface area contributed by atoms with Crippen LogP contribution >= 0.6 is 23.1 Å². The summed E-state index contributed by atoms with van der Waals surface area (Å²) in [6.07, 6.45) is 4.83. The fraction of sp³-hybridized carbons (Fsp3) is 0.625. The number of hydrogen-bond donors (Lipinski definition) is 2. The van der Waals surface area contributed by atoms with Crippen molar-refractivity contribution in [2.45, 2.75) is 78.1 Å². The van der Waals surface area contributed by atoms with Gasteiger partial charge in [0.2, 0.25) is 11.8 Å². The molecule has 2 aliphatic rings. The van der Waals surface area contributed by atoms with Crippen molar-refractivity contribution in [2.75, 3.05) is 5.75 Å². The summed E-state index contributed by atoms with van der Waals surface area (Å²) < 4.78 is 5.74. The summed E-state index contributed by atoms with van der Waals surface area (Å²) in [4.78, 5) is 48.1. The SMILES string of the molecule is CC(C)CC/C=C/C1CC(=O)NCc2nc(cs2)C2=N[C@@](C)(CS2)C(=O)N[C@@H](C(C)C)C(=O)O1. The second kappa shape index (κ2) is 11.5. The number of rotatable bonds is 5. The molecule has 0 radical (unpaired) electrons. The lowest BCUT2D eigenvalue weighted by atomic mass is 10.0. The molecule has 4 bridgehead atoms. The van der Waals surface area contributed by atoms with Crippen molar-refractivity contribution >= 4 is 45.9 Å². The highest BCUT2D eigenvalue weighted by atomic mass is 32.2. The maximum absolute atomic E-state index is 13.2. The number of allylic oxidation sites excluding steroid dienone is 1. The van der Waals surface area contributed by atoms with Gasteiger partial charge in [-0.05, 0) is 37.7 Å². The van der Waals surface area contributed by atoms with Crippen LogP contribution in [0, 0.1) is 11.8 Å². The highest BCUT2D eigenvalue weighted by Crippen LogP contribution is 2.32. The van der Waals surface area contributed by atoms with Gasteiger partial charge in [-0.1, -0.05) is 33.8 Å². The fourth-order valence-corrected chi connectivity index (χ4v) is 5.43. The van der Waals surface area contributed by atoms with Crippen LogP contribution in [0.2, 0.25) is 0 Å². The van der Waals surface area contributed by atoms with E-state index in [0.717, 1.165) is 17.8 Å². The van der Waals surface area contributed by atoms with E-state index in [1.807, 2.05) is 25.3 Å². The number of amides is 2. The van der Waals surface area contributed by atoms with Crippen LogP contribution in [-0.4, -0.2) is 51.2 Å². The van der Waals surface area contributed by atoms with E-state index in [-0.39, 0.29) is 30.7 Å². The Hall–Kier alpha value is -2.20. The van der Waals surface area contributed by atoms with E-state index in [4.69, 9.17) is 4.74 Å². The van der Waals surface area contributed by atoms with Gasteiger partial charge in [0.05, 0.1) is 13.0 Å². The van der Waals surface area contributed by atoms with E-state index < -0.39 is 23.7 Å². The van der Waals surface area contributed by atoms with Crippen LogP contribution in [0.5, 0.6) is 0 Å². The summed E-state index contributed by atoms with van der Waals surface area (Å²) in [5.74, 6) is -0.302. The van der Waals surface area contributed by atoms with Gasteiger partial charge in [0.25, 0.3) is 0 Å². The maximum atomic E-state index is 13.2. The predicted octanol–water partition coefficient (Wildman–Crippen LogP) is 3.46. The van der Waals surface area contributed by atoms with Crippen molar-refractivity contribution in [3.8, 4) is 0 Å². The first-order chi connectivity index (χ1) is 16.1. The summed E-state index contributed by atoms with van der Waals surface area (Å²) >= 11 is 2.90. The fourth-order valence-electron chi connectivity index (χ4n) is 3.51. The molecule has 34 heavy (non-hydrogen) atoms. The molecule has 186 valence electrons. The first-order valence-corrected chi connectivity index (χ1v) is 13.6. The van der Waals surface area contributed by atoms with E-state index in [2.05, 4.69) is 34.5 Å². The second-order valence-corrected chi connectivity index (χ2v) is 11.6. The Morgan fingerprint density at radius 1 is 1.26 bits per heavy atom. The lowest BCUT2D eigenvalue weighted by Gasteiger charge is -2.27. The van der Waals surface area contributed by atoms with Crippen molar-refractivity contribution in [1.82, 2.24) is 15.6 Å². The number of aromatic nitrogens is 1. The predicted molar refractivity (Wildman–Crippen MR) is 136 cm³/mol.